The number of nitrogens with one attached hydrogen (secondary N) is 2. The molecule has 2 amide bonds. The number of benzene rings is 2. The molecule has 7 nitrogen and oxygen atoms in total. The van der Waals surface area contributed by atoms with E-state index in [0.717, 1.165) is 18.4 Å². The third-order valence-electron chi connectivity index (χ3n) is 4.10. The molecule has 0 aliphatic heterocycles. The van der Waals surface area contributed by atoms with Crippen molar-refractivity contribution in [1.29, 1.82) is 0 Å². The van der Waals surface area contributed by atoms with E-state index in [4.69, 9.17) is 4.74 Å². The van der Waals surface area contributed by atoms with Crippen LogP contribution >= 0.6 is 0 Å². The fourth-order valence-corrected chi connectivity index (χ4v) is 2.53. The van der Waals surface area contributed by atoms with Crippen LogP contribution in [0.15, 0.2) is 42.5 Å². The Labute approximate surface area is 156 Å². The molecular formula is C20H20N2O5. The molecular weight excluding hydrogens is 348 g/mol. The predicted molar refractivity (Wildman–Crippen MR) is 100 cm³/mol. The number of aryl methyl sites for hydroxylation is 1. The first-order chi connectivity index (χ1) is 12.9. The first kappa shape index (κ1) is 18.4. The maximum absolute atomic E-state index is 12.1. The second-order valence-corrected chi connectivity index (χ2v) is 6.48. The summed E-state index contributed by atoms with van der Waals surface area (Å²) in [5.74, 6) is -1.08. The summed E-state index contributed by atoms with van der Waals surface area (Å²) >= 11 is 0. The minimum absolute atomic E-state index is 0.00883. The van der Waals surface area contributed by atoms with E-state index in [1.165, 1.54) is 6.07 Å². The van der Waals surface area contributed by atoms with Gasteiger partial charge in [-0.2, -0.15) is 0 Å². The Bertz CT molecular complexity index is 890. The molecule has 0 spiro atoms. The van der Waals surface area contributed by atoms with E-state index in [0.29, 0.717) is 11.4 Å². The van der Waals surface area contributed by atoms with E-state index in [-0.39, 0.29) is 29.7 Å². The number of ether oxygens (including phenoxy) is 1. The van der Waals surface area contributed by atoms with Crippen LogP contribution in [-0.4, -0.2) is 29.5 Å². The highest BCUT2D eigenvalue weighted by atomic mass is 16.5. The number of hydrogen-bond acceptors (Lipinski definition) is 4. The lowest BCUT2D eigenvalue weighted by Gasteiger charge is -2.11. The number of carboxylic acid groups (broad SMARTS) is 1. The first-order valence-electron chi connectivity index (χ1n) is 8.60. The summed E-state index contributed by atoms with van der Waals surface area (Å²) in [4.78, 5) is 35.2. The van der Waals surface area contributed by atoms with Crippen molar-refractivity contribution in [2.45, 2.75) is 19.8 Å². The number of carbonyl (C=O) groups is 3. The normalized spacial score (nSPS) is 12.9. The lowest BCUT2D eigenvalue weighted by atomic mass is 10.1. The van der Waals surface area contributed by atoms with Gasteiger partial charge in [0, 0.05) is 17.7 Å². The standard InChI is InChI=1S/C20H20N2O5/c1-12-5-8-17(16(9-12)20(25)26)22-18(23)11-27-15-4-2-3-14(10-15)21-19(24)13-6-7-13/h2-5,8-10,13H,6-7,11H2,1H3,(H,21,24)(H,22,23)(H,25,26). The smallest absolute Gasteiger partial charge is 0.337 e. The Morgan fingerprint density at radius 1 is 1.11 bits per heavy atom. The predicted octanol–water partition coefficient (Wildman–Crippen LogP) is 3.06. The van der Waals surface area contributed by atoms with Gasteiger partial charge < -0.3 is 20.5 Å². The van der Waals surface area contributed by atoms with E-state index < -0.39 is 11.9 Å². The first-order valence-corrected chi connectivity index (χ1v) is 8.60. The molecule has 1 saturated carbocycles. The van der Waals surface area contributed by atoms with Crippen molar-refractivity contribution in [2.24, 2.45) is 5.92 Å². The van der Waals surface area contributed by atoms with Gasteiger partial charge >= 0.3 is 5.97 Å². The number of anilines is 2. The molecule has 0 radical (unpaired) electrons. The van der Waals surface area contributed by atoms with Crippen LogP contribution < -0.4 is 15.4 Å². The van der Waals surface area contributed by atoms with Crippen LogP contribution in [0.1, 0.15) is 28.8 Å². The van der Waals surface area contributed by atoms with Gasteiger partial charge in [-0.05, 0) is 44.0 Å². The van der Waals surface area contributed by atoms with Crippen LogP contribution in [0.25, 0.3) is 0 Å². The van der Waals surface area contributed by atoms with Gasteiger partial charge in [0.25, 0.3) is 5.91 Å². The van der Waals surface area contributed by atoms with Crippen molar-refractivity contribution in [3.8, 4) is 5.75 Å². The van der Waals surface area contributed by atoms with Crippen molar-refractivity contribution in [1.82, 2.24) is 0 Å². The number of hydrogen-bond donors (Lipinski definition) is 3. The summed E-state index contributed by atoms with van der Waals surface area (Å²) in [5, 5.41) is 14.6. The molecule has 27 heavy (non-hydrogen) atoms. The molecule has 0 aromatic heterocycles. The Kier molecular flexibility index (Phi) is 5.40. The second kappa shape index (κ2) is 7.90. The highest BCUT2D eigenvalue weighted by molar-refractivity contribution is 6.01. The number of rotatable bonds is 7. The maximum atomic E-state index is 12.1. The average Bonchev–Trinajstić information content (AvgIpc) is 3.47. The van der Waals surface area contributed by atoms with Crippen LogP contribution in [0.2, 0.25) is 0 Å². The van der Waals surface area contributed by atoms with Crippen molar-refractivity contribution in [3.63, 3.8) is 0 Å². The summed E-state index contributed by atoms with van der Waals surface area (Å²) in [5.41, 5.74) is 1.63. The molecule has 2 aromatic rings. The van der Waals surface area contributed by atoms with Gasteiger partial charge in [-0.1, -0.05) is 17.7 Å². The van der Waals surface area contributed by atoms with Gasteiger partial charge in [-0.3, -0.25) is 9.59 Å². The quantitative estimate of drug-likeness (QED) is 0.697. The van der Waals surface area contributed by atoms with Gasteiger partial charge in [0.15, 0.2) is 6.61 Å². The number of carbonyl (C=O) groups excluding carboxylic acids is 2. The lowest BCUT2D eigenvalue weighted by molar-refractivity contribution is -0.118. The Balaban J connectivity index is 1.58. The SMILES string of the molecule is Cc1ccc(NC(=O)COc2cccc(NC(=O)C3CC3)c2)c(C(=O)O)c1. The Morgan fingerprint density at radius 2 is 1.89 bits per heavy atom. The second-order valence-electron chi connectivity index (χ2n) is 6.48. The zero-order valence-corrected chi connectivity index (χ0v) is 14.8. The number of amides is 2. The van der Waals surface area contributed by atoms with E-state index in [1.54, 1.807) is 43.3 Å². The molecule has 0 unspecified atom stereocenters. The van der Waals surface area contributed by atoms with Gasteiger partial charge in [-0.25, -0.2) is 4.79 Å². The maximum Gasteiger partial charge on any atom is 0.337 e. The molecule has 0 bridgehead atoms. The topological polar surface area (TPSA) is 105 Å². The van der Waals surface area contributed by atoms with E-state index in [1.807, 2.05) is 0 Å². The molecule has 0 heterocycles. The van der Waals surface area contributed by atoms with Crippen molar-refractivity contribution >= 4 is 29.2 Å². The highest BCUT2D eigenvalue weighted by Gasteiger charge is 2.29. The molecule has 0 saturated heterocycles. The molecule has 3 rings (SSSR count). The third kappa shape index (κ3) is 5.07. The van der Waals surface area contributed by atoms with E-state index in [9.17, 15) is 19.5 Å². The van der Waals surface area contributed by atoms with Gasteiger partial charge in [0.1, 0.15) is 5.75 Å². The zero-order valence-electron chi connectivity index (χ0n) is 14.8. The van der Waals surface area contributed by atoms with Crippen molar-refractivity contribution < 1.29 is 24.2 Å². The summed E-state index contributed by atoms with van der Waals surface area (Å²) in [6.07, 6.45) is 1.83. The third-order valence-corrected chi connectivity index (χ3v) is 4.10. The van der Waals surface area contributed by atoms with Crippen LogP contribution in [-0.2, 0) is 9.59 Å². The average molecular weight is 368 g/mol. The molecule has 1 aliphatic carbocycles. The van der Waals surface area contributed by atoms with Gasteiger partial charge in [-0.15, -0.1) is 0 Å². The minimum Gasteiger partial charge on any atom is -0.484 e. The monoisotopic (exact) mass is 368 g/mol. The molecule has 1 aliphatic rings. The summed E-state index contributed by atoms with van der Waals surface area (Å²) in [6.45, 7) is 1.49. The van der Waals surface area contributed by atoms with Gasteiger partial charge in [0.2, 0.25) is 5.91 Å². The summed E-state index contributed by atoms with van der Waals surface area (Å²) in [7, 11) is 0. The van der Waals surface area contributed by atoms with Gasteiger partial charge in [0.05, 0.1) is 11.3 Å². The molecule has 0 atom stereocenters. The van der Waals surface area contributed by atoms with Crippen molar-refractivity contribution in [3.05, 3.63) is 53.6 Å². The van der Waals surface area contributed by atoms with E-state index >= 15 is 0 Å². The lowest BCUT2D eigenvalue weighted by Crippen LogP contribution is -2.21. The molecule has 1 fully saturated rings. The van der Waals surface area contributed by atoms with Crippen LogP contribution in [0.3, 0.4) is 0 Å². The number of carboxylic acids is 1. The Hall–Kier alpha value is -3.35. The summed E-state index contributed by atoms with van der Waals surface area (Å²) in [6, 6.07) is 11.5. The molecule has 2 aromatic carbocycles. The Morgan fingerprint density at radius 3 is 2.59 bits per heavy atom. The minimum atomic E-state index is -1.12. The van der Waals surface area contributed by atoms with E-state index in [2.05, 4.69) is 10.6 Å². The molecule has 3 N–H and O–H groups in total. The van der Waals surface area contributed by atoms with Crippen LogP contribution in [0.4, 0.5) is 11.4 Å². The largest absolute Gasteiger partial charge is 0.484 e. The zero-order chi connectivity index (χ0) is 19.4. The van der Waals surface area contributed by atoms with Crippen LogP contribution in [0.5, 0.6) is 5.75 Å². The fourth-order valence-electron chi connectivity index (χ4n) is 2.53. The van der Waals surface area contributed by atoms with Crippen molar-refractivity contribution in [2.75, 3.05) is 17.2 Å². The molecule has 7 heteroatoms. The fraction of sp³-hybridized carbons (Fsp3) is 0.250. The number of aromatic carboxylic acids is 1. The highest BCUT2D eigenvalue weighted by Crippen LogP contribution is 2.30. The van der Waals surface area contributed by atoms with Crippen LogP contribution in [0, 0.1) is 12.8 Å². The molecule has 140 valence electrons. The summed E-state index contributed by atoms with van der Waals surface area (Å²) < 4.78 is 5.45.